The third-order valence-electron chi connectivity index (χ3n) is 2.40. The van der Waals surface area contributed by atoms with Crippen LogP contribution in [-0.2, 0) is 11.8 Å². The van der Waals surface area contributed by atoms with E-state index in [0.29, 0.717) is 0 Å². The predicted molar refractivity (Wildman–Crippen MR) is 52.1 cm³/mol. The van der Waals surface area contributed by atoms with Crippen molar-refractivity contribution in [2.75, 3.05) is 6.61 Å². The SMILES string of the molecule is CC(C)(C)c1cncc2c1OCC2. The standard InChI is InChI=1S/C11H15NO/c1-11(2,3)9-7-12-6-8-4-5-13-10(8)9/h6-7H,4-5H2,1-3H3. The van der Waals surface area contributed by atoms with E-state index in [0.717, 1.165) is 18.8 Å². The quantitative estimate of drug-likeness (QED) is 0.606. The van der Waals surface area contributed by atoms with Crippen LogP contribution in [0, 0.1) is 0 Å². The van der Waals surface area contributed by atoms with Crippen LogP contribution in [0.1, 0.15) is 31.9 Å². The second-order valence-corrected chi connectivity index (χ2v) is 4.52. The molecule has 1 aromatic rings. The second-order valence-electron chi connectivity index (χ2n) is 4.52. The van der Waals surface area contributed by atoms with Crippen LogP contribution < -0.4 is 4.74 Å². The van der Waals surface area contributed by atoms with Crippen LogP contribution in [0.3, 0.4) is 0 Å². The molecule has 0 aromatic carbocycles. The van der Waals surface area contributed by atoms with Crippen molar-refractivity contribution in [3.63, 3.8) is 0 Å². The Morgan fingerprint density at radius 1 is 1.31 bits per heavy atom. The van der Waals surface area contributed by atoms with Gasteiger partial charge in [-0.3, -0.25) is 4.98 Å². The molecule has 1 aliphatic rings. The van der Waals surface area contributed by atoms with Gasteiger partial charge in [0.05, 0.1) is 6.61 Å². The second kappa shape index (κ2) is 2.72. The fraction of sp³-hybridized carbons (Fsp3) is 0.545. The number of pyridine rings is 1. The monoisotopic (exact) mass is 177 g/mol. The van der Waals surface area contributed by atoms with Crippen molar-refractivity contribution in [1.82, 2.24) is 4.98 Å². The molecule has 70 valence electrons. The van der Waals surface area contributed by atoms with E-state index in [4.69, 9.17) is 4.74 Å². The van der Waals surface area contributed by atoms with Crippen LogP contribution in [0.5, 0.6) is 5.75 Å². The Hall–Kier alpha value is -1.05. The van der Waals surface area contributed by atoms with Gasteiger partial charge < -0.3 is 4.74 Å². The molecule has 2 heterocycles. The number of ether oxygens (including phenoxy) is 1. The smallest absolute Gasteiger partial charge is 0.129 e. The highest BCUT2D eigenvalue weighted by Crippen LogP contribution is 2.35. The summed E-state index contributed by atoms with van der Waals surface area (Å²) in [6, 6.07) is 0. The summed E-state index contributed by atoms with van der Waals surface area (Å²) in [5.74, 6) is 1.07. The van der Waals surface area contributed by atoms with Crippen molar-refractivity contribution in [2.24, 2.45) is 0 Å². The molecule has 0 radical (unpaired) electrons. The summed E-state index contributed by atoms with van der Waals surface area (Å²) in [6.07, 6.45) is 4.84. The molecule has 0 unspecified atom stereocenters. The minimum absolute atomic E-state index is 0.128. The maximum absolute atomic E-state index is 5.62. The Kier molecular flexibility index (Phi) is 1.79. The molecule has 0 spiro atoms. The van der Waals surface area contributed by atoms with Gasteiger partial charge in [0.15, 0.2) is 0 Å². The van der Waals surface area contributed by atoms with Gasteiger partial charge in [0, 0.05) is 29.9 Å². The number of aromatic nitrogens is 1. The Morgan fingerprint density at radius 3 is 2.77 bits per heavy atom. The van der Waals surface area contributed by atoms with Gasteiger partial charge in [-0.25, -0.2) is 0 Å². The lowest BCUT2D eigenvalue weighted by atomic mass is 9.87. The summed E-state index contributed by atoms with van der Waals surface area (Å²) in [4.78, 5) is 4.24. The first kappa shape index (κ1) is 8.54. The van der Waals surface area contributed by atoms with Gasteiger partial charge in [-0.05, 0) is 5.41 Å². The largest absolute Gasteiger partial charge is 0.493 e. The van der Waals surface area contributed by atoms with Crippen molar-refractivity contribution in [1.29, 1.82) is 0 Å². The van der Waals surface area contributed by atoms with Crippen molar-refractivity contribution < 1.29 is 4.74 Å². The Balaban J connectivity index is 2.54. The number of hydrogen-bond acceptors (Lipinski definition) is 2. The van der Waals surface area contributed by atoms with Crippen LogP contribution in [0.25, 0.3) is 0 Å². The average Bonchev–Trinajstić information content (AvgIpc) is 2.48. The zero-order valence-corrected chi connectivity index (χ0v) is 8.42. The minimum Gasteiger partial charge on any atom is -0.493 e. The molecule has 1 aliphatic heterocycles. The molecule has 1 aromatic heterocycles. The highest BCUT2D eigenvalue weighted by atomic mass is 16.5. The summed E-state index contributed by atoms with van der Waals surface area (Å²) in [5.41, 5.74) is 2.61. The number of nitrogens with zero attached hydrogens (tertiary/aromatic N) is 1. The lowest BCUT2D eigenvalue weighted by molar-refractivity contribution is 0.346. The van der Waals surface area contributed by atoms with Crippen molar-refractivity contribution >= 4 is 0 Å². The molecule has 0 atom stereocenters. The summed E-state index contributed by atoms with van der Waals surface area (Å²) in [5, 5.41) is 0. The van der Waals surface area contributed by atoms with Gasteiger partial charge in [0.1, 0.15) is 5.75 Å². The molecule has 0 amide bonds. The first-order valence-electron chi connectivity index (χ1n) is 4.69. The van der Waals surface area contributed by atoms with Gasteiger partial charge in [0.2, 0.25) is 0 Å². The minimum atomic E-state index is 0.128. The molecular formula is C11H15NO. The lowest BCUT2D eigenvalue weighted by Crippen LogP contribution is -2.12. The van der Waals surface area contributed by atoms with Gasteiger partial charge >= 0.3 is 0 Å². The Morgan fingerprint density at radius 2 is 2.08 bits per heavy atom. The summed E-state index contributed by atoms with van der Waals surface area (Å²) in [6.45, 7) is 7.37. The van der Waals surface area contributed by atoms with E-state index >= 15 is 0 Å². The first-order chi connectivity index (χ1) is 6.09. The van der Waals surface area contributed by atoms with Crippen LogP contribution in [0.4, 0.5) is 0 Å². The highest BCUT2D eigenvalue weighted by Gasteiger charge is 2.24. The van der Waals surface area contributed by atoms with E-state index in [1.807, 2.05) is 12.4 Å². The van der Waals surface area contributed by atoms with Crippen molar-refractivity contribution in [3.05, 3.63) is 23.5 Å². The molecule has 13 heavy (non-hydrogen) atoms. The number of rotatable bonds is 0. The highest BCUT2D eigenvalue weighted by molar-refractivity contribution is 5.44. The summed E-state index contributed by atoms with van der Waals surface area (Å²) >= 11 is 0. The average molecular weight is 177 g/mol. The molecule has 2 heteroatoms. The third-order valence-corrected chi connectivity index (χ3v) is 2.40. The fourth-order valence-electron chi connectivity index (χ4n) is 1.64. The molecular weight excluding hydrogens is 162 g/mol. The molecule has 0 saturated heterocycles. The molecule has 0 fully saturated rings. The molecule has 0 saturated carbocycles. The zero-order valence-electron chi connectivity index (χ0n) is 8.42. The van der Waals surface area contributed by atoms with E-state index in [2.05, 4.69) is 25.8 Å². The van der Waals surface area contributed by atoms with E-state index < -0.39 is 0 Å². The van der Waals surface area contributed by atoms with Gasteiger partial charge in [-0.2, -0.15) is 0 Å². The van der Waals surface area contributed by atoms with E-state index in [1.165, 1.54) is 11.1 Å². The summed E-state index contributed by atoms with van der Waals surface area (Å²) < 4.78 is 5.62. The molecule has 2 nitrogen and oxygen atoms in total. The molecule has 0 N–H and O–H groups in total. The normalized spacial score (nSPS) is 15.3. The molecule has 0 bridgehead atoms. The molecule has 2 rings (SSSR count). The Labute approximate surface area is 78.9 Å². The van der Waals surface area contributed by atoms with Gasteiger partial charge in [0.25, 0.3) is 0 Å². The fourth-order valence-corrected chi connectivity index (χ4v) is 1.64. The number of hydrogen-bond donors (Lipinski definition) is 0. The van der Waals surface area contributed by atoms with E-state index in [9.17, 15) is 0 Å². The zero-order chi connectivity index (χ0) is 9.47. The van der Waals surface area contributed by atoms with Crippen LogP contribution in [0.15, 0.2) is 12.4 Å². The van der Waals surface area contributed by atoms with Gasteiger partial charge in [-0.1, -0.05) is 20.8 Å². The molecule has 0 aliphatic carbocycles. The number of fused-ring (bicyclic) bond motifs is 1. The lowest BCUT2D eigenvalue weighted by Gasteiger charge is -2.20. The third kappa shape index (κ3) is 1.41. The van der Waals surface area contributed by atoms with Crippen LogP contribution in [0.2, 0.25) is 0 Å². The van der Waals surface area contributed by atoms with Crippen molar-refractivity contribution in [3.8, 4) is 5.75 Å². The van der Waals surface area contributed by atoms with Gasteiger partial charge in [-0.15, -0.1) is 0 Å². The van der Waals surface area contributed by atoms with Crippen molar-refractivity contribution in [2.45, 2.75) is 32.6 Å². The van der Waals surface area contributed by atoms with Crippen LogP contribution in [-0.4, -0.2) is 11.6 Å². The van der Waals surface area contributed by atoms with E-state index in [1.54, 1.807) is 0 Å². The topological polar surface area (TPSA) is 22.1 Å². The van der Waals surface area contributed by atoms with Crippen LogP contribution >= 0.6 is 0 Å². The predicted octanol–water partition coefficient (Wildman–Crippen LogP) is 2.31. The van der Waals surface area contributed by atoms with E-state index in [-0.39, 0.29) is 5.41 Å². The Bertz CT molecular complexity index is 325. The summed E-state index contributed by atoms with van der Waals surface area (Å²) in [7, 11) is 0. The maximum atomic E-state index is 5.62. The maximum Gasteiger partial charge on any atom is 0.129 e. The first-order valence-corrected chi connectivity index (χ1v) is 4.69.